The van der Waals surface area contributed by atoms with Gasteiger partial charge in [0.05, 0.1) is 25.9 Å². The van der Waals surface area contributed by atoms with Crippen LogP contribution in [0.1, 0.15) is 51.7 Å². The van der Waals surface area contributed by atoms with E-state index in [1.54, 1.807) is 0 Å². The van der Waals surface area contributed by atoms with Crippen LogP contribution in [0.3, 0.4) is 0 Å². The van der Waals surface area contributed by atoms with Crippen LogP contribution >= 0.6 is 0 Å². The van der Waals surface area contributed by atoms with Crippen LogP contribution < -0.4 is 0 Å². The van der Waals surface area contributed by atoms with Crippen LogP contribution in [0.5, 0.6) is 0 Å². The number of rotatable bonds is 5. The van der Waals surface area contributed by atoms with Gasteiger partial charge < -0.3 is 9.47 Å². The Hall–Kier alpha value is -1.65. The number of likely N-dealkylation sites (tertiary alicyclic amines) is 1. The Bertz CT molecular complexity index is 740. The van der Waals surface area contributed by atoms with Crippen LogP contribution in [0.2, 0.25) is 0 Å². The van der Waals surface area contributed by atoms with Crippen molar-refractivity contribution in [2.24, 2.45) is 23.2 Å². The van der Waals surface area contributed by atoms with Gasteiger partial charge in [0.15, 0.2) is 0 Å². The molecule has 5 atom stereocenters. The van der Waals surface area contributed by atoms with Gasteiger partial charge >= 0.3 is 5.97 Å². The van der Waals surface area contributed by atoms with Crippen LogP contribution in [-0.4, -0.2) is 43.7 Å². The topological polar surface area (TPSA) is 38.8 Å². The largest absolute Gasteiger partial charge is 0.464 e. The summed E-state index contributed by atoms with van der Waals surface area (Å²) in [5.41, 5.74) is 2.49. The zero-order valence-corrected chi connectivity index (χ0v) is 18.1. The molecule has 1 aliphatic carbocycles. The van der Waals surface area contributed by atoms with Gasteiger partial charge in [-0.2, -0.15) is 0 Å². The minimum absolute atomic E-state index is 0.0760. The summed E-state index contributed by atoms with van der Waals surface area (Å²) in [6.45, 7) is 10.3. The van der Waals surface area contributed by atoms with Gasteiger partial charge in [-0.25, -0.2) is 0 Å². The van der Waals surface area contributed by atoms with Crippen molar-refractivity contribution in [2.75, 3.05) is 32.8 Å². The lowest BCUT2D eigenvalue weighted by Crippen LogP contribution is -2.54. The monoisotopic (exact) mass is 397 g/mol. The molecule has 1 aromatic rings. The van der Waals surface area contributed by atoms with E-state index in [-0.39, 0.29) is 17.5 Å². The number of hydrogen-bond donors (Lipinski definition) is 0. The second kappa shape index (κ2) is 8.61. The lowest BCUT2D eigenvalue weighted by molar-refractivity contribution is -0.182. The number of ether oxygens (including phenoxy) is 2. The van der Waals surface area contributed by atoms with E-state index in [2.05, 4.69) is 56.0 Å². The van der Waals surface area contributed by atoms with Gasteiger partial charge in [0.1, 0.15) is 0 Å². The zero-order valence-electron chi connectivity index (χ0n) is 18.1. The molecule has 0 amide bonds. The summed E-state index contributed by atoms with van der Waals surface area (Å²) in [5, 5.41) is 0. The van der Waals surface area contributed by atoms with Crippen LogP contribution in [0, 0.1) is 23.2 Å². The van der Waals surface area contributed by atoms with Crippen molar-refractivity contribution < 1.29 is 14.3 Å². The molecule has 4 rings (SSSR count). The quantitative estimate of drug-likeness (QED) is 0.537. The average molecular weight is 398 g/mol. The number of piperidine rings is 1. The molecule has 0 saturated carbocycles. The predicted molar refractivity (Wildman–Crippen MR) is 114 cm³/mol. The normalized spacial score (nSPS) is 35.1. The number of allylic oxidation sites excluding steroid dienone is 1. The van der Waals surface area contributed by atoms with Crippen molar-refractivity contribution in [1.29, 1.82) is 0 Å². The van der Waals surface area contributed by atoms with E-state index in [0.29, 0.717) is 37.5 Å². The van der Waals surface area contributed by atoms with Gasteiger partial charge in [0.2, 0.25) is 0 Å². The molecule has 2 fully saturated rings. The van der Waals surface area contributed by atoms with Crippen LogP contribution in [0.25, 0.3) is 0 Å². The summed E-state index contributed by atoms with van der Waals surface area (Å²) in [6, 6.07) is 10.5. The number of hydrogen-bond acceptors (Lipinski definition) is 4. The predicted octanol–water partition coefficient (Wildman–Crippen LogP) is 4.62. The summed E-state index contributed by atoms with van der Waals surface area (Å²) >= 11 is 0. The second-order valence-corrected chi connectivity index (χ2v) is 9.39. The molecule has 3 aliphatic rings. The number of fused-ring (bicyclic) bond motifs is 2. The molecule has 2 heterocycles. The van der Waals surface area contributed by atoms with E-state index in [0.717, 1.165) is 13.1 Å². The Morgan fingerprint density at radius 1 is 1.17 bits per heavy atom. The SMILES string of the molecule is CC1=C[C@@H](C)[C@]2(COC(=O)CN3CCCCC3)CO[C@@H](c3ccccc3)[C@H]1[C@H]2C. The van der Waals surface area contributed by atoms with E-state index in [1.165, 1.54) is 30.4 Å². The molecule has 1 aromatic carbocycles. The first-order chi connectivity index (χ1) is 14.0. The minimum atomic E-state index is -0.146. The van der Waals surface area contributed by atoms with Crippen LogP contribution in [-0.2, 0) is 14.3 Å². The molecule has 0 spiro atoms. The third-order valence-corrected chi connectivity index (χ3v) is 7.68. The molecule has 0 unspecified atom stereocenters. The maximum Gasteiger partial charge on any atom is 0.320 e. The molecule has 2 saturated heterocycles. The van der Waals surface area contributed by atoms with Crippen molar-refractivity contribution in [3.63, 3.8) is 0 Å². The number of benzene rings is 1. The van der Waals surface area contributed by atoms with Crippen molar-refractivity contribution >= 4 is 5.97 Å². The molecule has 0 N–H and O–H groups in total. The average Bonchev–Trinajstić information content (AvgIpc) is 2.73. The smallest absolute Gasteiger partial charge is 0.320 e. The van der Waals surface area contributed by atoms with Crippen molar-refractivity contribution in [2.45, 2.75) is 46.1 Å². The number of nitrogens with zero attached hydrogens (tertiary/aromatic N) is 1. The van der Waals surface area contributed by atoms with Gasteiger partial charge in [-0.3, -0.25) is 9.69 Å². The Morgan fingerprint density at radius 2 is 1.90 bits per heavy atom. The highest BCUT2D eigenvalue weighted by atomic mass is 16.5. The summed E-state index contributed by atoms with van der Waals surface area (Å²) in [4.78, 5) is 14.8. The third-order valence-electron chi connectivity index (χ3n) is 7.68. The highest BCUT2D eigenvalue weighted by Gasteiger charge is 2.54. The molecule has 2 bridgehead atoms. The van der Waals surface area contributed by atoms with Gasteiger partial charge in [-0.15, -0.1) is 0 Å². The third kappa shape index (κ3) is 4.02. The minimum Gasteiger partial charge on any atom is -0.464 e. The second-order valence-electron chi connectivity index (χ2n) is 9.39. The summed E-state index contributed by atoms with van der Waals surface area (Å²) in [5.74, 6) is 0.953. The fourth-order valence-electron chi connectivity index (χ4n) is 5.76. The maximum atomic E-state index is 12.6. The fraction of sp³-hybridized carbons (Fsp3) is 0.640. The Morgan fingerprint density at radius 3 is 2.62 bits per heavy atom. The molecule has 0 radical (unpaired) electrons. The molecule has 4 heteroatoms. The van der Waals surface area contributed by atoms with Gasteiger partial charge in [-0.05, 0) is 50.3 Å². The molecule has 4 nitrogen and oxygen atoms in total. The van der Waals surface area contributed by atoms with E-state index in [1.807, 2.05) is 6.07 Å². The van der Waals surface area contributed by atoms with E-state index in [4.69, 9.17) is 9.47 Å². The summed E-state index contributed by atoms with van der Waals surface area (Å²) < 4.78 is 12.4. The van der Waals surface area contributed by atoms with E-state index in [9.17, 15) is 4.79 Å². The highest BCUT2D eigenvalue weighted by molar-refractivity contribution is 5.71. The van der Waals surface area contributed by atoms with Crippen LogP contribution in [0.15, 0.2) is 42.0 Å². The zero-order chi connectivity index (χ0) is 20.4. The summed E-state index contributed by atoms with van der Waals surface area (Å²) in [6.07, 6.45) is 6.11. The first-order valence-corrected chi connectivity index (χ1v) is 11.2. The molecule has 158 valence electrons. The molecular weight excluding hydrogens is 362 g/mol. The number of carbonyl (C=O) groups is 1. The first-order valence-electron chi connectivity index (χ1n) is 11.2. The Balaban J connectivity index is 1.47. The maximum absolute atomic E-state index is 12.6. The van der Waals surface area contributed by atoms with Crippen molar-refractivity contribution in [3.05, 3.63) is 47.5 Å². The van der Waals surface area contributed by atoms with Gasteiger partial charge in [0, 0.05) is 11.3 Å². The van der Waals surface area contributed by atoms with Gasteiger partial charge in [-0.1, -0.05) is 62.2 Å². The summed E-state index contributed by atoms with van der Waals surface area (Å²) in [7, 11) is 0. The molecule has 0 aromatic heterocycles. The first kappa shape index (κ1) is 20.6. The Kier molecular flexibility index (Phi) is 6.12. The molecule has 2 aliphatic heterocycles. The van der Waals surface area contributed by atoms with Crippen molar-refractivity contribution in [1.82, 2.24) is 4.90 Å². The lowest BCUT2D eigenvalue weighted by atomic mass is 9.56. The molecule has 29 heavy (non-hydrogen) atoms. The van der Waals surface area contributed by atoms with E-state index < -0.39 is 0 Å². The lowest BCUT2D eigenvalue weighted by Gasteiger charge is -2.55. The standard InChI is InChI=1S/C25H35NO3/c1-18-14-19(2)25(16-28-22(27)15-26-12-8-5-9-13-26)17-29-24(23(18)20(25)3)21-10-6-4-7-11-21/h4,6-7,10-11,14,19-20,23-24H,5,8-9,12-13,15-17H2,1-3H3/t19-,20-,23-,24+,25+/m1/s1. The van der Waals surface area contributed by atoms with Gasteiger partial charge in [0.25, 0.3) is 0 Å². The Labute approximate surface area is 175 Å². The highest BCUT2D eigenvalue weighted by Crippen LogP contribution is 2.56. The fourth-order valence-corrected chi connectivity index (χ4v) is 5.76. The van der Waals surface area contributed by atoms with E-state index >= 15 is 0 Å². The number of carbonyl (C=O) groups excluding carboxylic acids is 1. The number of esters is 1. The molecular formula is C25H35NO3. The van der Waals surface area contributed by atoms with Crippen LogP contribution in [0.4, 0.5) is 0 Å². The van der Waals surface area contributed by atoms with Crippen molar-refractivity contribution in [3.8, 4) is 0 Å².